The van der Waals surface area contributed by atoms with E-state index in [9.17, 15) is 4.79 Å². The Morgan fingerprint density at radius 3 is 2.14 bits per heavy atom. The molecule has 0 unspecified atom stereocenters. The molecule has 3 aromatic carbocycles. The van der Waals surface area contributed by atoms with Crippen LogP contribution in [0.3, 0.4) is 0 Å². The van der Waals surface area contributed by atoms with E-state index in [4.69, 9.17) is 4.74 Å². The van der Waals surface area contributed by atoms with Crippen molar-refractivity contribution >= 4 is 11.4 Å². The summed E-state index contributed by atoms with van der Waals surface area (Å²) >= 11 is 0. The highest BCUT2D eigenvalue weighted by Crippen LogP contribution is 2.23. The van der Waals surface area contributed by atoms with Crippen molar-refractivity contribution in [3.63, 3.8) is 0 Å². The fourth-order valence-electron chi connectivity index (χ4n) is 3.25. The van der Waals surface area contributed by atoms with E-state index in [1.165, 1.54) is 0 Å². The van der Waals surface area contributed by atoms with Crippen LogP contribution in [0.15, 0.2) is 94.7 Å². The van der Waals surface area contributed by atoms with Crippen molar-refractivity contribution in [2.75, 3.05) is 7.11 Å². The lowest BCUT2D eigenvalue weighted by Gasteiger charge is -2.04. The fourth-order valence-corrected chi connectivity index (χ4v) is 3.25. The molecule has 0 spiro atoms. The van der Waals surface area contributed by atoms with Gasteiger partial charge in [-0.25, -0.2) is 4.68 Å². The molecule has 4 rings (SSSR count). The number of aromatic nitrogens is 2. The number of nitrogens with zero attached hydrogens (tertiary/aromatic N) is 2. The number of H-pyrrole nitrogens is 1. The summed E-state index contributed by atoms with van der Waals surface area (Å²) in [5.41, 5.74) is 4.26. The molecule has 144 valence electrons. The average molecular weight is 383 g/mol. The van der Waals surface area contributed by atoms with Gasteiger partial charge in [-0.3, -0.25) is 14.9 Å². The van der Waals surface area contributed by atoms with Crippen LogP contribution in [0.4, 0.5) is 5.69 Å². The van der Waals surface area contributed by atoms with Crippen LogP contribution in [-0.4, -0.2) is 22.6 Å². The van der Waals surface area contributed by atoms with Crippen molar-refractivity contribution in [2.45, 2.75) is 6.92 Å². The van der Waals surface area contributed by atoms with Crippen LogP contribution < -0.4 is 10.3 Å². The summed E-state index contributed by atoms with van der Waals surface area (Å²) < 4.78 is 6.76. The Labute approximate surface area is 168 Å². The standard InChI is InChI=1S/C24H21N3O2/c1-17(25-19-11-7-4-8-12-19)22-23(18-9-5-3-6-10-18)26-27(24(22)28)20-13-15-21(29-2)16-14-20/h3-16,26H,1-2H3. The van der Waals surface area contributed by atoms with Gasteiger partial charge < -0.3 is 4.74 Å². The van der Waals surface area contributed by atoms with Gasteiger partial charge in [-0.05, 0) is 43.3 Å². The highest BCUT2D eigenvalue weighted by atomic mass is 16.5. The Morgan fingerprint density at radius 1 is 0.897 bits per heavy atom. The van der Waals surface area contributed by atoms with Gasteiger partial charge in [0.05, 0.1) is 35.5 Å². The van der Waals surface area contributed by atoms with Crippen molar-refractivity contribution in [2.24, 2.45) is 4.99 Å². The molecular weight excluding hydrogens is 362 g/mol. The first-order valence-electron chi connectivity index (χ1n) is 9.33. The predicted molar refractivity (Wildman–Crippen MR) is 117 cm³/mol. The van der Waals surface area contributed by atoms with Gasteiger partial charge in [0, 0.05) is 5.56 Å². The summed E-state index contributed by atoms with van der Waals surface area (Å²) in [7, 11) is 1.62. The van der Waals surface area contributed by atoms with Crippen molar-refractivity contribution in [3.8, 4) is 22.7 Å². The number of nitrogens with one attached hydrogen (secondary N) is 1. The summed E-state index contributed by atoms with van der Waals surface area (Å²) in [5.74, 6) is 0.735. The van der Waals surface area contributed by atoms with Crippen molar-refractivity contribution in [1.29, 1.82) is 0 Å². The molecule has 1 heterocycles. The fraction of sp³-hybridized carbons (Fsp3) is 0.0833. The summed E-state index contributed by atoms with van der Waals surface area (Å²) in [5, 5.41) is 3.27. The Hall–Kier alpha value is -3.86. The van der Waals surface area contributed by atoms with Gasteiger partial charge in [0.1, 0.15) is 5.75 Å². The lowest BCUT2D eigenvalue weighted by Crippen LogP contribution is -2.19. The third-order valence-corrected chi connectivity index (χ3v) is 4.70. The normalized spacial score (nSPS) is 11.4. The van der Waals surface area contributed by atoms with Gasteiger partial charge in [0.2, 0.25) is 0 Å². The summed E-state index contributed by atoms with van der Waals surface area (Å²) in [6, 6.07) is 26.8. The number of hydrogen-bond donors (Lipinski definition) is 1. The van der Waals surface area contributed by atoms with Crippen molar-refractivity contribution in [3.05, 3.63) is 101 Å². The van der Waals surface area contributed by atoms with E-state index in [0.29, 0.717) is 11.3 Å². The molecule has 0 aliphatic rings. The Kier molecular flexibility index (Phi) is 5.12. The zero-order valence-electron chi connectivity index (χ0n) is 16.3. The molecule has 0 atom stereocenters. The third kappa shape index (κ3) is 3.75. The van der Waals surface area contributed by atoms with Gasteiger partial charge in [0.15, 0.2) is 0 Å². The van der Waals surface area contributed by atoms with Crippen LogP contribution >= 0.6 is 0 Å². The molecular formula is C24H21N3O2. The van der Waals surface area contributed by atoms with E-state index >= 15 is 0 Å². The van der Waals surface area contributed by atoms with E-state index in [1.54, 1.807) is 11.8 Å². The Morgan fingerprint density at radius 2 is 1.52 bits per heavy atom. The first-order valence-corrected chi connectivity index (χ1v) is 9.33. The number of rotatable bonds is 5. The second-order valence-electron chi connectivity index (χ2n) is 6.60. The molecule has 1 N–H and O–H groups in total. The maximum Gasteiger partial charge on any atom is 0.280 e. The molecule has 0 aliphatic carbocycles. The topological polar surface area (TPSA) is 59.4 Å². The number of methoxy groups -OCH3 is 1. The maximum atomic E-state index is 13.4. The number of benzene rings is 3. The largest absolute Gasteiger partial charge is 0.497 e. The lowest BCUT2D eigenvalue weighted by atomic mass is 10.1. The Bertz CT molecular complexity index is 1190. The monoisotopic (exact) mass is 383 g/mol. The predicted octanol–water partition coefficient (Wildman–Crippen LogP) is 4.98. The van der Waals surface area contributed by atoms with Crippen LogP contribution in [0, 0.1) is 0 Å². The minimum atomic E-state index is -0.147. The molecule has 1 aromatic heterocycles. The van der Waals surface area contributed by atoms with Gasteiger partial charge in [0.25, 0.3) is 5.56 Å². The van der Waals surface area contributed by atoms with E-state index in [2.05, 4.69) is 10.1 Å². The molecule has 0 aliphatic heterocycles. The second kappa shape index (κ2) is 8.02. The average Bonchev–Trinajstić information content (AvgIpc) is 3.12. The highest BCUT2D eigenvalue weighted by molar-refractivity contribution is 6.04. The molecule has 5 heteroatoms. The van der Waals surface area contributed by atoms with Crippen LogP contribution in [0.2, 0.25) is 0 Å². The van der Waals surface area contributed by atoms with E-state index in [-0.39, 0.29) is 5.56 Å². The molecule has 4 aromatic rings. The van der Waals surface area contributed by atoms with Gasteiger partial charge >= 0.3 is 0 Å². The Balaban J connectivity index is 1.89. The lowest BCUT2D eigenvalue weighted by molar-refractivity contribution is 0.414. The molecule has 0 fully saturated rings. The minimum Gasteiger partial charge on any atom is -0.497 e. The first kappa shape index (κ1) is 18.5. The molecule has 5 nitrogen and oxygen atoms in total. The van der Waals surface area contributed by atoms with E-state index < -0.39 is 0 Å². The van der Waals surface area contributed by atoms with Crippen LogP contribution in [0.1, 0.15) is 12.5 Å². The van der Waals surface area contributed by atoms with Crippen molar-refractivity contribution < 1.29 is 4.74 Å². The summed E-state index contributed by atoms with van der Waals surface area (Å²) in [6.45, 7) is 1.86. The minimum absolute atomic E-state index is 0.147. The number of para-hydroxylation sites is 1. The van der Waals surface area contributed by atoms with E-state index in [1.807, 2.05) is 91.9 Å². The molecule has 0 radical (unpaired) electrons. The van der Waals surface area contributed by atoms with Gasteiger partial charge in [-0.15, -0.1) is 0 Å². The number of aromatic amines is 1. The molecule has 0 saturated heterocycles. The van der Waals surface area contributed by atoms with Gasteiger partial charge in [-0.2, -0.15) is 0 Å². The zero-order valence-corrected chi connectivity index (χ0v) is 16.3. The van der Waals surface area contributed by atoms with E-state index in [0.717, 1.165) is 28.4 Å². The van der Waals surface area contributed by atoms with Crippen LogP contribution in [0.5, 0.6) is 5.75 Å². The molecule has 0 amide bonds. The van der Waals surface area contributed by atoms with Crippen LogP contribution in [-0.2, 0) is 0 Å². The first-order chi connectivity index (χ1) is 14.2. The third-order valence-electron chi connectivity index (χ3n) is 4.70. The summed E-state index contributed by atoms with van der Waals surface area (Å²) in [6.07, 6.45) is 0. The zero-order chi connectivity index (χ0) is 20.2. The maximum absolute atomic E-state index is 13.4. The number of hydrogen-bond acceptors (Lipinski definition) is 3. The highest BCUT2D eigenvalue weighted by Gasteiger charge is 2.19. The van der Waals surface area contributed by atoms with Crippen LogP contribution in [0.25, 0.3) is 16.9 Å². The molecule has 29 heavy (non-hydrogen) atoms. The quantitative estimate of drug-likeness (QED) is 0.494. The smallest absolute Gasteiger partial charge is 0.280 e. The number of ether oxygens (including phenoxy) is 1. The molecule has 0 saturated carbocycles. The van der Waals surface area contributed by atoms with Crippen molar-refractivity contribution in [1.82, 2.24) is 9.78 Å². The molecule has 0 bridgehead atoms. The second-order valence-corrected chi connectivity index (χ2v) is 6.60. The van der Waals surface area contributed by atoms with Gasteiger partial charge in [-0.1, -0.05) is 48.5 Å². The SMILES string of the molecule is COc1ccc(-n2[nH]c(-c3ccccc3)c(C(C)=Nc3ccccc3)c2=O)cc1. The number of aliphatic imine (C=N–C) groups is 1. The summed E-state index contributed by atoms with van der Waals surface area (Å²) in [4.78, 5) is 18.0.